The van der Waals surface area contributed by atoms with E-state index >= 15 is 0 Å². The van der Waals surface area contributed by atoms with Gasteiger partial charge < -0.3 is 10.1 Å². The van der Waals surface area contributed by atoms with Crippen molar-refractivity contribution in [2.75, 3.05) is 0 Å². The van der Waals surface area contributed by atoms with Gasteiger partial charge in [0.1, 0.15) is 23.1 Å². The van der Waals surface area contributed by atoms with Gasteiger partial charge in [0.15, 0.2) is 0 Å². The first-order valence-corrected chi connectivity index (χ1v) is 7.08. The van der Waals surface area contributed by atoms with Crippen molar-refractivity contribution in [1.82, 2.24) is 5.32 Å². The maximum atomic E-state index is 14.0. The minimum atomic E-state index is -0.332. The minimum absolute atomic E-state index is 0.312. The second kappa shape index (κ2) is 5.82. The van der Waals surface area contributed by atoms with Gasteiger partial charge in [-0.3, -0.25) is 0 Å². The summed E-state index contributed by atoms with van der Waals surface area (Å²) in [6.45, 7) is 2.10. The third-order valence-corrected chi connectivity index (χ3v) is 3.59. The lowest BCUT2D eigenvalue weighted by atomic mass is 10.1. The van der Waals surface area contributed by atoms with Gasteiger partial charge >= 0.3 is 0 Å². The Morgan fingerprint density at radius 2 is 1.95 bits per heavy atom. The summed E-state index contributed by atoms with van der Waals surface area (Å²) in [7, 11) is 0. The Morgan fingerprint density at radius 3 is 2.67 bits per heavy atom. The lowest BCUT2D eigenvalue weighted by molar-refractivity contribution is 0.457. The third kappa shape index (κ3) is 3.39. The van der Waals surface area contributed by atoms with E-state index < -0.39 is 0 Å². The van der Waals surface area contributed by atoms with Gasteiger partial charge in [0.05, 0.1) is 0 Å². The van der Waals surface area contributed by atoms with Crippen LogP contribution in [0.2, 0.25) is 0 Å². The van der Waals surface area contributed by atoms with Crippen LogP contribution in [0.25, 0.3) is 0 Å². The summed E-state index contributed by atoms with van der Waals surface area (Å²) in [6.07, 6.45) is 2.27. The molecule has 0 bridgehead atoms. The van der Waals surface area contributed by atoms with E-state index in [0.29, 0.717) is 35.2 Å². The van der Waals surface area contributed by atoms with Crippen LogP contribution in [-0.2, 0) is 6.54 Å². The summed E-state index contributed by atoms with van der Waals surface area (Å²) >= 11 is 0. The predicted molar refractivity (Wildman–Crippen MR) is 77.5 cm³/mol. The molecular weight excluding hydrogens is 272 g/mol. The van der Waals surface area contributed by atoms with E-state index in [1.807, 2.05) is 0 Å². The van der Waals surface area contributed by atoms with Crippen molar-refractivity contribution >= 4 is 0 Å². The van der Waals surface area contributed by atoms with Crippen LogP contribution in [0.15, 0.2) is 36.4 Å². The monoisotopic (exact) mass is 289 g/mol. The first-order valence-electron chi connectivity index (χ1n) is 7.08. The van der Waals surface area contributed by atoms with Crippen LogP contribution in [0, 0.1) is 18.6 Å². The highest BCUT2D eigenvalue weighted by atomic mass is 19.1. The smallest absolute Gasteiger partial charge is 0.134 e. The van der Waals surface area contributed by atoms with Gasteiger partial charge in [-0.05, 0) is 43.5 Å². The summed E-state index contributed by atoms with van der Waals surface area (Å²) in [5.41, 5.74) is 1.03. The molecule has 1 fully saturated rings. The number of nitrogens with one attached hydrogen (secondary N) is 1. The highest BCUT2D eigenvalue weighted by molar-refractivity contribution is 5.39. The van der Waals surface area contributed by atoms with Gasteiger partial charge in [-0.15, -0.1) is 0 Å². The van der Waals surface area contributed by atoms with E-state index in [2.05, 4.69) is 5.32 Å². The van der Waals surface area contributed by atoms with Crippen LogP contribution in [0.5, 0.6) is 11.5 Å². The van der Waals surface area contributed by atoms with E-state index in [0.717, 1.165) is 12.8 Å². The van der Waals surface area contributed by atoms with Crippen LogP contribution in [0.4, 0.5) is 8.78 Å². The molecule has 0 heterocycles. The summed E-state index contributed by atoms with van der Waals surface area (Å²) in [5.74, 6) is 0.151. The quantitative estimate of drug-likeness (QED) is 0.885. The Labute approximate surface area is 122 Å². The molecule has 4 heteroatoms. The lowest BCUT2D eigenvalue weighted by Crippen LogP contribution is -2.16. The Kier molecular flexibility index (Phi) is 3.88. The van der Waals surface area contributed by atoms with Crippen LogP contribution in [0.3, 0.4) is 0 Å². The zero-order chi connectivity index (χ0) is 14.8. The zero-order valence-electron chi connectivity index (χ0n) is 11.8. The number of ether oxygens (including phenoxy) is 1. The van der Waals surface area contributed by atoms with Crippen molar-refractivity contribution in [3.05, 3.63) is 59.2 Å². The molecule has 1 aliphatic rings. The van der Waals surface area contributed by atoms with Crippen LogP contribution in [-0.4, -0.2) is 6.04 Å². The van der Waals surface area contributed by atoms with E-state index in [-0.39, 0.29) is 11.6 Å². The molecule has 1 aliphatic carbocycles. The molecule has 2 aromatic rings. The SMILES string of the molecule is Cc1ccc(Oc2cccc(F)c2CNC2CC2)cc1F. The molecule has 21 heavy (non-hydrogen) atoms. The summed E-state index contributed by atoms with van der Waals surface area (Å²) in [6, 6.07) is 9.83. The third-order valence-electron chi connectivity index (χ3n) is 3.59. The van der Waals surface area contributed by atoms with E-state index in [1.54, 1.807) is 31.2 Å². The number of halogens is 2. The Balaban J connectivity index is 1.82. The number of aryl methyl sites for hydroxylation is 1. The fourth-order valence-electron chi connectivity index (χ4n) is 2.10. The topological polar surface area (TPSA) is 21.3 Å². The van der Waals surface area contributed by atoms with Crippen molar-refractivity contribution in [2.45, 2.75) is 32.4 Å². The molecular formula is C17H17F2NO. The molecule has 0 atom stereocenters. The highest BCUT2D eigenvalue weighted by Gasteiger charge is 2.21. The molecule has 2 nitrogen and oxygen atoms in total. The molecule has 0 unspecified atom stereocenters. The first kappa shape index (κ1) is 14.0. The average Bonchev–Trinajstić information content (AvgIpc) is 3.26. The van der Waals surface area contributed by atoms with E-state index in [1.165, 1.54) is 12.1 Å². The summed E-state index contributed by atoms with van der Waals surface area (Å²) in [4.78, 5) is 0. The van der Waals surface area contributed by atoms with Gasteiger partial charge in [0.25, 0.3) is 0 Å². The molecule has 1 saturated carbocycles. The fourth-order valence-corrected chi connectivity index (χ4v) is 2.10. The van der Waals surface area contributed by atoms with Crippen molar-refractivity contribution in [1.29, 1.82) is 0 Å². The summed E-state index contributed by atoms with van der Waals surface area (Å²) in [5, 5.41) is 3.27. The Morgan fingerprint density at radius 1 is 1.14 bits per heavy atom. The number of rotatable bonds is 5. The van der Waals surface area contributed by atoms with Crippen LogP contribution >= 0.6 is 0 Å². The standard InChI is InChI=1S/C17H17F2NO/c1-11-5-8-13(9-16(11)19)21-17-4-2-3-15(18)14(17)10-20-12-6-7-12/h2-5,8-9,12,20H,6-7,10H2,1H3. The maximum absolute atomic E-state index is 14.0. The number of benzene rings is 2. The normalized spacial score (nSPS) is 14.2. The van der Waals surface area contributed by atoms with Gasteiger partial charge in [-0.1, -0.05) is 12.1 Å². The predicted octanol–water partition coefficient (Wildman–Crippen LogP) is 4.32. The molecule has 0 radical (unpaired) electrons. The number of hydrogen-bond donors (Lipinski definition) is 1. The zero-order valence-corrected chi connectivity index (χ0v) is 11.8. The highest BCUT2D eigenvalue weighted by Crippen LogP contribution is 2.29. The maximum Gasteiger partial charge on any atom is 0.134 e. The van der Waals surface area contributed by atoms with Crippen LogP contribution < -0.4 is 10.1 Å². The summed E-state index contributed by atoms with van der Waals surface area (Å²) < 4.78 is 33.2. The van der Waals surface area contributed by atoms with Gasteiger partial charge in [0, 0.05) is 24.2 Å². The van der Waals surface area contributed by atoms with Gasteiger partial charge in [-0.2, -0.15) is 0 Å². The molecule has 0 saturated heterocycles. The van der Waals surface area contributed by atoms with E-state index in [9.17, 15) is 8.78 Å². The largest absolute Gasteiger partial charge is 0.457 e. The molecule has 3 rings (SSSR count). The van der Waals surface area contributed by atoms with Crippen LogP contribution in [0.1, 0.15) is 24.0 Å². The van der Waals surface area contributed by atoms with Crippen molar-refractivity contribution in [3.63, 3.8) is 0 Å². The molecule has 0 amide bonds. The minimum Gasteiger partial charge on any atom is -0.457 e. The Bertz CT molecular complexity index is 653. The number of hydrogen-bond acceptors (Lipinski definition) is 2. The molecule has 0 aliphatic heterocycles. The Hall–Kier alpha value is -1.94. The van der Waals surface area contributed by atoms with Crippen molar-refractivity contribution < 1.29 is 13.5 Å². The lowest BCUT2D eigenvalue weighted by Gasteiger charge is -2.13. The van der Waals surface area contributed by atoms with Crippen molar-refractivity contribution in [2.24, 2.45) is 0 Å². The first-order chi connectivity index (χ1) is 10.1. The fraction of sp³-hybridized carbons (Fsp3) is 0.294. The molecule has 0 aromatic heterocycles. The molecule has 1 N–H and O–H groups in total. The van der Waals surface area contributed by atoms with Gasteiger partial charge in [-0.25, -0.2) is 8.78 Å². The second-order valence-electron chi connectivity index (χ2n) is 5.38. The van der Waals surface area contributed by atoms with E-state index in [4.69, 9.17) is 4.74 Å². The second-order valence-corrected chi connectivity index (χ2v) is 5.38. The van der Waals surface area contributed by atoms with Crippen molar-refractivity contribution in [3.8, 4) is 11.5 Å². The average molecular weight is 289 g/mol. The molecule has 110 valence electrons. The molecule has 0 spiro atoms. The van der Waals surface area contributed by atoms with Gasteiger partial charge in [0.2, 0.25) is 0 Å². The molecule has 2 aromatic carbocycles.